The normalized spacial score (nSPS) is 18.5. The number of nitrogens with one attached hydrogen (secondary N) is 2. The van der Waals surface area contributed by atoms with Gasteiger partial charge in [-0.05, 0) is 50.0 Å². The van der Waals surface area contributed by atoms with Gasteiger partial charge in [-0.2, -0.15) is 10.5 Å². The van der Waals surface area contributed by atoms with Gasteiger partial charge in [0, 0.05) is 19.6 Å². The minimum absolute atomic E-state index is 0.304. The first-order valence-corrected chi connectivity index (χ1v) is 9.28. The van der Waals surface area contributed by atoms with Crippen molar-refractivity contribution >= 4 is 0 Å². The highest BCUT2D eigenvalue weighted by Gasteiger charge is 2.24. The van der Waals surface area contributed by atoms with Crippen LogP contribution in [0.2, 0.25) is 0 Å². The molecule has 0 aliphatic carbocycles. The monoisotopic (exact) mass is 371 g/mol. The highest BCUT2D eigenvalue weighted by molar-refractivity contribution is 5.42. The van der Waals surface area contributed by atoms with Gasteiger partial charge in [0.15, 0.2) is 17.4 Å². The summed E-state index contributed by atoms with van der Waals surface area (Å²) in [5, 5.41) is 24.5. The van der Waals surface area contributed by atoms with Gasteiger partial charge in [-0.25, -0.2) is 0 Å². The van der Waals surface area contributed by atoms with E-state index in [0.29, 0.717) is 5.92 Å². The molecule has 0 saturated carbocycles. The fourth-order valence-electron chi connectivity index (χ4n) is 3.56. The number of methoxy groups -OCH3 is 2. The third kappa shape index (κ3) is 5.83. The molecule has 2 N–H and O–H groups in total. The molecular formula is C20H29N5O2. The Balaban J connectivity index is 1.90. The van der Waals surface area contributed by atoms with E-state index in [9.17, 15) is 0 Å². The van der Waals surface area contributed by atoms with Crippen molar-refractivity contribution in [2.75, 3.05) is 40.9 Å². The van der Waals surface area contributed by atoms with Crippen LogP contribution in [0.3, 0.4) is 0 Å². The SMILES string of the molecule is CNC(NCC1CCCN(Cc2ccc(OC)c(OC)c2)C1)C(C#N)C#N. The molecule has 0 amide bonds. The largest absolute Gasteiger partial charge is 0.493 e. The van der Waals surface area contributed by atoms with Gasteiger partial charge in [-0.15, -0.1) is 0 Å². The summed E-state index contributed by atoms with van der Waals surface area (Å²) in [5.41, 5.74) is 1.20. The Kier molecular flexibility index (Phi) is 8.35. The number of piperidine rings is 1. The first-order valence-electron chi connectivity index (χ1n) is 9.28. The molecule has 1 aliphatic heterocycles. The van der Waals surface area contributed by atoms with Gasteiger partial charge >= 0.3 is 0 Å². The zero-order valence-corrected chi connectivity index (χ0v) is 16.4. The summed E-state index contributed by atoms with van der Waals surface area (Å²) in [6, 6.07) is 10.1. The van der Waals surface area contributed by atoms with Gasteiger partial charge in [0.25, 0.3) is 0 Å². The second kappa shape index (κ2) is 10.7. The molecule has 0 spiro atoms. The maximum atomic E-state index is 9.07. The molecule has 7 heteroatoms. The molecule has 2 rings (SSSR count). The summed E-state index contributed by atoms with van der Waals surface area (Å²) in [6.07, 6.45) is 1.99. The van der Waals surface area contributed by atoms with E-state index in [2.05, 4.69) is 21.6 Å². The number of ether oxygens (including phenoxy) is 2. The minimum atomic E-state index is -0.693. The number of hydrogen-bond donors (Lipinski definition) is 2. The molecule has 0 bridgehead atoms. The number of rotatable bonds is 9. The summed E-state index contributed by atoms with van der Waals surface area (Å²) < 4.78 is 10.7. The van der Waals surface area contributed by atoms with Crippen molar-refractivity contribution in [3.8, 4) is 23.6 Å². The van der Waals surface area contributed by atoms with Gasteiger partial charge in [-0.3, -0.25) is 10.2 Å². The van der Waals surface area contributed by atoms with Crippen LogP contribution < -0.4 is 20.1 Å². The Morgan fingerprint density at radius 1 is 1.22 bits per heavy atom. The molecule has 146 valence electrons. The van der Waals surface area contributed by atoms with Crippen LogP contribution in [0.15, 0.2) is 18.2 Å². The molecule has 2 atom stereocenters. The zero-order chi connectivity index (χ0) is 19.6. The summed E-state index contributed by atoms with van der Waals surface area (Å²) in [5.74, 6) is 1.29. The lowest BCUT2D eigenvalue weighted by Gasteiger charge is -2.34. The predicted molar refractivity (Wildman–Crippen MR) is 103 cm³/mol. The van der Waals surface area contributed by atoms with Crippen molar-refractivity contribution in [3.63, 3.8) is 0 Å². The van der Waals surface area contributed by atoms with Gasteiger partial charge in [0.2, 0.25) is 0 Å². The Morgan fingerprint density at radius 2 is 1.96 bits per heavy atom. The molecule has 0 aromatic heterocycles. The Morgan fingerprint density at radius 3 is 2.59 bits per heavy atom. The van der Waals surface area contributed by atoms with Crippen LogP contribution in [0.1, 0.15) is 18.4 Å². The summed E-state index contributed by atoms with van der Waals surface area (Å²) in [4.78, 5) is 2.44. The molecular weight excluding hydrogens is 342 g/mol. The number of benzene rings is 1. The Hall–Kier alpha value is -2.32. The maximum absolute atomic E-state index is 9.07. The predicted octanol–water partition coefficient (Wildman–Crippen LogP) is 1.71. The summed E-state index contributed by atoms with van der Waals surface area (Å²) >= 11 is 0. The van der Waals surface area contributed by atoms with Crippen molar-refractivity contribution in [2.45, 2.75) is 25.6 Å². The molecule has 1 fully saturated rings. The number of hydrogen-bond acceptors (Lipinski definition) is 7. The lowest BCUT2D eigenvalue weighted by Crippen LogP contribution is -2.49. The van der Waals surface area contributed by atoms with E-state index in [1.807, 2.05) is 24.3 Å². The third-order valence-electron chi connectivity index (χ3n) is 5.01. The first-order chi connectivity index (χ1) is 13.1. The van der Waals surface area contributed by atoms with E-state index in [-0.39, 0.29) is 6.17 Å². The van der Waals surface area contributed by atoms with Crippen LogP contribution in [0.5, 0.6) is 11.5 Å². The first kappa shape index (κ1) is 21.0. The van der Waals surface area contributed by atoms with Crippen LogP contribution in [-0.2, 0) is 6.54 Å². The van der Waals surface area contributed by atoms with Crippen LogP contribution in [0, 0.1) is 34.5 Å². The average Bonchev–Trinajstić information content (AvgIpc) is 2.71. The lowest BCUT2D eigenvalue weighted by molar-refractivity contribution is 0.160. The highest BCUT2D eigenvalue weighted by atomic mass is 16.5. The van der Waals surface area contributed by atoms with Gasteiger partial charge in [0.05, 0.1) is 32.5 Å². The quantitative estimate of drug-likeness (QED) is 0.638. The smallest absolute Gasteiger partial charge is 0.161 e. The number of nitrogens with zero attached hydrogens (tertiary/aromatic N) is 3. The van der Waals surface area contributed by atoms with Crippen LogP contribution in [0.25, 0.3) is 0 Å². The minimum Gasteiger partial charge on any atom is -0.493 e. The van der Waals surface area contributed by atoms with Gasteiger partial charge < -0.3 is 14.8 Å². The molecule has 1 saturated heterocycles. The van der Waals surface area contributed by atoms with Crippen LogP contribution in [0.4, 0.5) is 0 Å². The molecule has 1 aliphatic rings. The Bertz CT molecular complexity index is 668. The van der Waals surface area contributed by atoms with Crippen LogP contribution in [-0.4, -0.2) is 52.0 Å². The molecule has 0 radical (unpaired) electrons. The molecule has 7 nitrogen and oxygen atoms in total. The fourth-order valence-corrected chi connectivity index (χ4v) is 3.56. The van der Waals surface area contributed by atoms with Gasteiger partial charge in [0.1, 0.15) is 0 Å². The molecule has 1 aromatic carbocycles. The Labute approximate surface area is 161 Å². The number of likely N-dealkylation sites (tertiary alicyclic amines) is 1. The standard InChI is InChI=1S/C20H29N5O2/c1-23-20(17(10-21)11-22)24-12-16-5-4-8-25(14-16)13-15-6-7-18(26-2)19(9-15)27-3/h6-7,9,16-17,20,23-24H,4-5,8,12-14H2,1-3H3. The van der Waals surface area contributed by atoms with E-state index in [4.69, 9.17) is 20.0 Å². The molecule has 1 heterocycles. The van der Waals surface area contributed by atoms with E-state index in [0.717, 1.165) is 50.5 Å². The van der Waals surface area contributed by atoms with E-state index in [1.54, 1.807) is 21.3 Å². The fraction of sp³-hybridized carbons (Fsp3) is 0.600. The van der Waals surface area contributed by atoms with E-state index >= 15 is 0 Å². The van der Waals surface area contributed by atoms with Crippen molar-refractivity contribution in [1.29, 1.82) is 10.5 Å². The van der Waals surface area contributed by atoms with Crippen molar-refractivity contribution in [1.82, 2.24) is 15.5 Å². The number of nitriles is 2. The zero-order valence-electron chi connectivity index (χ0n) is 16.4. The molecule has 1 aromatic rings. The average molecular weight is 371 g/mol. The van der Waals surface area contributed by atoms with Crippen molar-refractivity contribution in [3.05, 3.63) is 23.8 Å². The van der Waals surface area contributed by atoms with Gasteiger partial charge in [-0.1, -0.05) is 6.07 Å². The maximum Gasteiger partial charge on any atom is 0.161 e. The topological polar surface area (TPSA) is 93.3 Å². The second-order valence-corrected chi connectivity index (χ2v) is 6.84. The molecule has 27 heavy (non-hydrogen) atoms. The van der Waals surface area contributed by atoms with Crippen LogP contribution >= 0.6 is 0 Å². The lowest BCUT2D eigenvalue weighted by atomic mass is 9.97. The summed E-state index contributed by atoms with van der Waals surface area (Å²) in [7, 11) is 5.06. The second-order valence-electron chi connectivity index (χ2n) is 6.84. The van der Waals surface area contributed by atoms with Crippen molar-refractivity contribution in [2.24, 2.45) is 11.8 Å². The van der Waals surface area contributed by atoms with E-state index < -0.39 is 5.92 Å². The molecule has 2 unspecified atom stereocenters. The van der Waals surface area contributed by atoms with E-state index in [1.165, 1.54) is 5.56 Å². The van der Waals surface area contributed by atoms with Crippen molar-refractivity contribution < 1.29 is 9.47 Å². The third-order valence-corrected chi connectivity index (χ3v) is 5.01. The highest BCUT2D eigenvalue weighted by Crippen LogP contribution is 2.28. The summed E-state index contributed by atoms with van der Waals surface area (Å²) in [6.45, 7) is 3.71.